The van der Waals surface area contributed by atoms with E-state index >= 15 is 0 Å². The lowest BCUT2D eigenvalue weighted by atomic mass is 9.95. The molecule has 0 radical (unpaired) electrons. The molecule has 0 bridgehead atoms. The molecule has 0 unspecified atom stereocenters. The van der Waals surface area contributed by atoms with Gasteiger partial charge in [0.1, 0.15) is 12.1 Å². The number of benzene rings is 2. The van der Waals surface area contributed by atoms with Crippen LogP contribution in [-0.2, 0) is 27.2 Å². The lowest BCUT2D eigenvalue weighted by molar-refractivity contribution is -0.138. The van der Waals surface area contributed by atoms with Gasteiger partial charge in [-0.3, -0.25) is 19.7 Å². The quantitative estimate of drug-likeness (QED) is 0.433. The van der Waals surface area contributed by atoms with Gasteiger partial charge in [-0.25, -0.2) is 4.79 Å². The van der Waals surface area contributed by atoms with E-state index in [1.807, 2.05) is 49.4 Å². The molecule has 1 aliphatic carbocycles. The third-order valence-corrected chi connectivity index (χ3v) is 7.22. The fourth-order valence-corrected chi connectivity index (χ4v) is 5.00. The Labute approximate surface area is 213 Å². The van der Waals surface area contributed by atoms with Gasteiger partial charge < -0.3 is 15.1 Å². The van der Waals surface area contributed by atoms with Crippen LogP contribution >= 0.6 is 15.9 Å². The molecule has 184 valence electrons. The van der Waals surface area contributed by atoms with Crippen LogP contribution in [0.3, 0.4) is 0 Å². The Morgan fingerprint density at radius 2 is 1.80 bits per heavy atom. The predicted molar refractivity (Wildman–Crippen MR) is 136 cm³/mol. The van der Waals surface area contributed by atoms with Crippen LogP contribution in [0.15, 0.2) is 48.5 Å². The molecule has 2 aromatic carbocycles. The zero-order valence-corrected chi connectivity index (χ0v) is 21.8. The molecule has 1 fully saturated rings. The lowest BCUT2D eigenvalue weighted by Crippen LogP contribution is -2.48. The molecule has 0 aromatic heterocycles. The summed E-state index contributed by atoms with van der Waals surface area (Å²) in [7, 11) is 1.62. The number of hydrogen-bond donors (Lipinski definition) is 2. The van der Waals surface area contributed by atoms with Crippen LogP contribution in [0.1, 0.15) is 43.5 Å². The first-order chi connectivity index (χ1) is 16.4. The van der Waals surface area contributed by atoms with Crippen molar-refractivity contribution in [2.45, 2.75) is 49.5 Å². The Balaban J connectivity index is 1.51. The van der Waals surface area contributed by atoms with Gasteiger partial charge in [-0.1, -0.05) is 52.3 Å². The summed E-state index contributed by atoms with van der Waals surface area (Å²) in [5.74, 6) is -0.815. The van der Waals surface area contributed by atoms with Crippen LogP contribution in [-0.4, -0.2) is 57.0 Å². The predicted octanol–water partition coefficient (Wildman–Crippen LogP) is 3.41. The molecular formula is C26H29BrN4O4. The molecular weight excluding hydrogens is 512 g/mol. The van der Waals surface area contributed by atoms with Crippen LogP contribution in [0, 0.1) is 0 Å². The van der Waals surface area contributed by atoms with E-state index in [2.05, 4.69) is 26.6 Å². The molecule has 1 saturated heterocycles. The van der Waals surface area contributed by atoms with Crippen molar-refractivity contribution >= 4 is 45.4 Å². The maximum atomic E-state index is 13.2. The number of urea groups is 1. The van der Waals surface area contributed by atoms with E-state index in [1.54, 1.807) is 31.9 Å². The molecule has 5 amide bonds. The maximum absolute atomic E-state index is 13.2. The number of nitrogens with one attached hydrogen (secondary N) is 2. The van der Waals surface area contributed by atoms with E-state index in [9.17, 15) is 19.2 Å². The maximum Gasteiger partial charge on any atom is 0.324 e. The monoisotopic (exact) mass is 540 g/mol. The zero-order valence-electron chi connectivity index (χ0n) is 20.2. The highest BCUT2D eigenvalue weighted by molar-refractivity contribution is 9.10. The summed E-state index contributed by atoms with van der Waals surface area (Å²) < 4.78 is -0.830. The first kappa shape index (κ1) is 24.9. The number of anilines is 1. The number of imide groups is 1. The fraction of sp³-hybridized carbons (Fsp3) is 0.385. The van der Waals surface area contributed by atoms with Crippen LogP contribution < -0.4 is 10.6 Å². The minimum atomic E-state index is -0.919. The largest absolute Gasteiger partial charge is 0.325 e. The average molecular weight is 541 g/mol. The van der Waals surface area contributed by atoms with Crippen molar-refractivity contribution in [3.63, 3.8) is 0 Å². The molecule has 1 spiro atoms. The summed E-state index contributed by atoms with van der Waals surface area (Å²) in [6, 6.07) is 14.4. The second-order valence-corrected chi connectivity index (χ2v) is 11.7. The molecule has 2 atom stereocenters. The van der Waals surface area contributed by atoms with Crippen molar-refractivity contribution < 1.29 is 19.2 Å². The van der Waals surface area contributed by atoms with Gasteiger partial charge in [0.05, 0.1) is 10.4 Å². The fourth-order valence-electron chi connectivity index (χ4n) is 4.77. The Morgan fingerprint density at radius 3 is 2.40 bits per heavy atom. The Kier molecular flexibility index (Phi) is 6.48. The summed E-state index contributed by atoms with van der Waals surface area (Å²) in [5.41, 5.74) is 2.47. The molecule has 1 heterocycles. The van der Waals surface area contributed by atoms with Gasteiger partial charge in [-0.15, -0.1) is 0 Å². The second-order valence-electron chi connectivity index (χ2n) is 9.73. The Bertz CT molecular complexity index is 1190. The Morgan fingerprint density at radius 1 is 1.14 bits per heavy atom. The van der Waals surface area contributed by atoms with Crippen LogP contribution in [0.25, 0.3) is 0 Å². The van der Waals surface area contributed by atoms with Gasteiger partial charge in [0.15, 0.2) is 0 Å². The highest BCUT2D eigenvalue weighted by Gasteiger charge is 2.54. The molecule has 9 heteroatoms. The average Bonchev–Trinajstić information content (AvgIpc) is 3.29. The molecule has 0 saturated carbocycles. The summed E-state index contributed by atoms with van der Waals surface area (Å²) in [6.45, 7) is 5.30. The van der Waals surface area contributed by atoms with E-state index in [-0.39, 0.29) is 30.3 Å². The number of carbonyl (C=O) groups excluding carboxylic acids is 4. The van der Waals surface area contributed by atoms with Gasteiger partial charge in [0.25, 0.3) is 5.91 Å². The summed E-state index contributed by atoms with van der Waals surface area (Å²) >= 11 is 3.44. The van der Waals surface area contributed by atoms with Crippen molar-refractivity contribution in [1.82, 2.24) is 15.1 Å². The van der Waals surface area contributed by atoms with Crippen molar-refractivity contribution in [3.8, 4) is 0 Å². The highest BCUT2D eigenvalue weighted by Crippen LogP contribution is 2.38. The minimum Gasteiger partial charge on any atom is -0.325 e. The third kappa shape index (κ3) is 4.69. The zero-order chi connectivity index (χ0) is 25.5. The number of fused-ring (bicyclic) bond motifs is 1. The van der Waals surface area contributed by atoms with Crippen molar-refractivity contribution in [2.24, 2.45) is 0 Å². The number of likely N-dealkylation sites (N-methyl/N-ethyl adjacent to an activating group) is 1. The third-order valence-electron chi connectivity index (χ3n) is 6.88. The number of rotatable bonds is 6. The highest BCUT2D eigenvalue weighted by atomic mass is 79.9. The van der Waals surface area contributed by atoms with E-state index < -0.39 is 15.9 Å². The first-order valence-electron chi connectivity index (χ1n) is 11.5. The standard InChI is InChI=1S/C26H29BrN4O4/c1-16(17-8-6-5-7-9-17)31(23(34)25(2,3)27)15-21(32)28-20-11-10-18-13-26(14-19(18)12-20)22(33)29-24(35)30(26)4/h5-12,16H,13-15H2,1-4H3,(H,28,32)(H,29,33,35)/t16-,26+/m1/s1. The SMILES string of the molecule is C[C@H](c1ccccc1)N(CC(=O)Nc1ccc2c(c1)C[C@@]1(C2)C(=O)NC(=O)N1C)C(=O)C(C)(C)Br. The molecule has 2 aliphatic rings. The summed E-state index contributed by atoms with van der Waals surface area (Å²) in [6.07, 6.45) is 0.815. The number of carbonyl (C=O) groups is 4. The topological polar surface area (TPSA) is 98.8 Å². The van der Waals surface area contributed by atoms with Gasteiger partial charge >= 0.3 is 6.03 Å². The molecule has 4 rings (SSSR count). The second kappa shape index (κ2) is 9.11. The van der Waals surface area contributed by atoms with E-state index in [1.165, 1.54) is 4.90 Å². The smallest absolute Gasteiger partial charge is 0.324 e. The summed E-state index contributed by atoms with van der Waals surface area (Å²) in [5, 5.41) is 5.28. The molecule has 2 N–H and O–H groups in total. The van der Waals surface area contributed by atoms with E-state index in [4.69, 9.17) is 0 Å². The van der Waals surface area contributed by atoms with Crippen LogP contribution in [0.5, 0.6) is 0 Å². The van der Waals surface area contributed by atoms with Crippen molar-refractivity contribution in [2.75, 3.05) is 18.9 Å². The first-order valence-corrected chi connectivity index (χ1v) is 12.3. The minimum absolute atomic E-state index is 0.120. The van der Waals surface area contributed by atoms with Gasteiger partial charge in [0, 0.05) is 25.6 Å². The van der Waals surface area contributed by atoms with Crippen LogP contribution in [0.2, 0.25) is 0 Å². The Hall–Kier alpha value is -3.20. The van der Waals surface area contributed by atoms with Gasteiger partial charge in [0.2, 0.25) is 11.8 Å². The van der Waals surface area contributed by atoms with Crippen LogP contribution in [0.4, 0.5) is 10.5 Å². The molecule has 1 aliphatic heterocycles. The molecule has 35 heavy (non-hydrogen) atoms. The molecule has 2 aromatic rings. The van der Waals surface area contributed by atoms with Gasteiger partial charge in [-0.05, 0) is 49.6 Å². The number of nitrogens with zero attached hydrogens (tertiary/aromatic N) is 2. The summed E-state index contributed by atoms with van der Waals surface area (Å²) in [4.78, 5) is 53.8. The van der Waals surface area contributed by atoms with Crippen molar-refractivity contribution in [3.05, 3.63) is 65.2 Å². The van der Waals surface area contributed by atoms with E-state index in [0.717, 1.165) is 16.7 Å². The number of alkyl halides is 1. The van der Waals surface area contributed by atoms with E-state index in [0.29, 0.717) is 18.5 Å². The lowest BCUT2D eigenvalue weighted by Gasteiger charge is -2.33. The van der Waals surface area contributed by atoms with Gasteiger partial charge in [-0.2, -0.15) is 0 Å². The van der Waals surface area contributed by atoms with Crippen molar-refractivity contribution in [1.29, 1.82) is 0 Å². The normalized spacial score (nSPS) is 20.0. The number of halogens is 1. The number of amides is 5. The number of hydrogen-bond acceptors (Lipinski definition) is 4. The molecule has 8 nitrogen and oxygen atoms in total.